The van der Waals surface area contributed by atoms with Crippen molar-refractivity contribution in [3.8, 4) is 23.7 Å². The van der Waals surface area contributed by atoms with E-state index in [9.17, 15) is 0 Å². The van der Waals surface area contributed by atoms with Crippen LogP contribution in [0.2, 0.25) is 0 Å². The summed E-state index contributed by atoms with van der Waals surface area (Å²) in [5, 5.41) is 2.89. The van der Waals surface area contributed by atoms with Gasteiger partial charge >= 0.3 is 0 Å². The highest BCUT2D eigenvalue weighted by atomic mass is 15.1. The van der Waals surface area contributed by atoms with Crippen molar-refractivity contribution in [2.24, 2.45) is 0 Å². The van der Waals surface area contributed by atoms with Crippen LogP contribution >= 0.6 is 0 Å². The second kappa shape index (κ2) is 7.87. The van der Waals surface area contributed by atoms with Crippen LogP contribution in [0.3, 0.4) is 0 Å². The van der Waals surface area contributed by atoms with Gasteiger partial charge in [-0.05, 0) is 36.6 Å². The molecule has 0 radical (unpaired) electrons. The van der Waals surface area contributed by atoms with Gasteiger partial charge in [-0.3, -0.25) is 0 Å². The molecule has 2 nitrogen and oxygen atoms in total. The zero-order valence-electron chi connectivity index (χ0n) is 11.0. The highest BCUT2D eigenvalue weighted by Crippen LogP contribution is 2.16. The largest absolute Gasteiger partial charge is 0.380 e. The summed E-state index contributed by atoms with van der Waals surface area (Å²) in [4.78, 5) is 2.12. The molecule has 1 rings (SSSR count). The fourth-order valence-corrected chi connectivity index (χ4v) is 1.49. The first-order chi connectivity index (χ1) is 8.75. The summed E-state index contributed by atoms with van der Waals surface area (Å²) < 4.78 is 0. The van der Waals surface area contributed by atoms with Gasteiger partial charge in [0, 0.05) is 12.7 Å². The second-order valence-corrected chi connectivity index (χ2v) is 3.83. The van der Waals surface area contributed by atoms with E-state index in [4.69, 9.17) is 0 Å². The molecular formula is C16H18N2. The minimum atomic E-state index is 0.589. The first-order valence-electron chi connectivity index (χ1n) is 5.82. The average Bonchev–Trinajstić information content (AvgIpc) is 2.38. The summed E-state index contributed by atoms with van der Waals surface area (Å²) in [5.41, 5.74) is 2.45. The standard InChI is InChI=1S/C16H18N2/c1-4-17-13-9-5-6-10-14-18(3)16-12-8-7-11-15(16)2/h4,7-8,11-12,17H,1,13-14H2,2-3H3. The topological polar surface area (TPSA) is 15.3 Å². The van der Waals surface area contributed by atoms with Crippen LogP contribution in [0.25, 0.3) is 0 Å². The van der Waals surface area contributed by atoms with Gasteiger partial charge in [0.15, 0.2) is 0 Å². The fraction of sp³-hybridized carbons (Fsp3) is 0.250. The van der Waals surface area contributed by atoms with Crippen molar-refractivity contribution in [1.29, 1.82) is 0 Å². The molecule has 0 aliphatic carbocycles. The van der Waals surface area contributed by atoms with Gasteiger partial charge in [-0.25, -0.2) is 0 Å². The van der Waals surface area contributed by atoms with Gasteiger partial charge in [-0.2, -0.15) is 0 Å². The maximum absolute atomic E-state index is 3.54. The Morgan fingerprint density at radius 2 is 2.00 bits per heavy atom. The van der Waals surface area contributed by atoms with Crippen LogP contribution in [-0.2, 0) is 0 Å². The van der Waals surface area contributed by atoms with Crippen LogP contribution in [0.1, 0.15) is 5.56 Å². The van der Waals surface area contributed by atoms with E-state index in [1.807, 2.05) is 19.2 Å². The molecule has 0 aromatic heterocycles. The number of benzene rings is 1. The van der Waals surface area contributed by atoms with Gasteiger partial charge in [0.1, 0.15) is 0 Å². The quantitative estimate of drug-likeness (QED) is 0.639. The lowest BCUT2D eigenvalue weighted by molar-refractivity contribution is 1.01. The van der Waals surface area contributed by atoms with Crippen LogP contribution in [0.5, 0.6) is 0 Å². The fourth-order valence-electron chi connectivity index (χ4n) is 1.49. The van der Waals surface area contributed by atoms with Crippen LogP contribution in [0, 0.1) is 30.6 Å². The molecule has 0 fully saturated rings. The monoisotopic (exact) mass is 238 g/mol. The summed E-state index contributed by atoms with van der Waals surface area (Å²) in [5.74, 6) is 11.6. The molecule has 1 aromatic rings. The Hall–Kier alpha value is -2.32. The number of nitrogens with one attached hydrogen (secondary N) is 1. The third-order valence-electron chi connectivity index (χ3n) is 2.42. The highest BCUT2D eigenvalue weighted by molar-refractivity contribution is 5.53. The number of para-hydroxylation sites is 1. The molecule has 1 N–H and O–H groups in total. The van der Waals surface area contributed by atoms with Crippen molar-refractivity contribution in [3.63, 3.8) is 0 Å². The molecule has 0 bridgehead atoms. The van der Waals surface area contributed by atoms with Crippen molar-refractivity contribution in [2.45, 2.75) is 6.92 Å². The molecule has 18 heavy (non-hydrogen) atoms. The van der Waals surface area contributed by atoms with Crippen molar-refractivity contribution in [1.82, 2.24) is 5.32 Å². The molecule has 0 saturated heterocycles. The van der Waals surface area contributed by atoms with Crippen LogP contribution in [0.15, 0.2) is 37.0 Å². The number of hydrogen-bond donors (Lipinski definition) is 1. The lowest BCUT2D eigenvalue weighted by Crippen LogP contribution is -2.17. The van der Waals surface area contributed by atoms with Gasteiger partial charge in [0.2, 0.25) is 0 Å². The molecular weight excluding hydrogens is 220 g/mol. The maximum atomic E-state index is 3.54. The van der Waals surface area contributed by atoms with E-state index in [1.54, 1.807) is 6.20 Å². The SMILES string of the molecule is C=CNCC#CC#CCN(C)c1ccccc1C. The van der Waals surface area contributed by atoms with E-state index in [1.165, 1.54) is 11.3 Å². The zero-order chi connectivity index (χ0) is 13.2. The van der Waals surface area contributed by atoms with E-state index in [0.29, 0.717) is 13.1 Å². The van der Waals surface area contributed by atoms with Gasteiger partial charge in [-0.15, -0.1) is 0 Å². The zero-order valence-corrected chi connectivity index (χ0v) is 11.0. The van der Waals surface area contributed by atoms with Crippen LogP contribution in [-0.4, -0.2) is 20.1 Å². The van der Waals surface area contributed by atoms with E-state index in [-0.39, 0.29) is 0 Å². The minimum Gasteiger partial charge on any atom is -0.380 e. The number of anilines is 1. The Kier molecular flexibility index (Phi) is 6.01. The molecule has 0 amide bonds. The van der Waals surface area contributed by atoms with E-state index in [2.05, 4.69) is 59.5 Å². The van der Waals surface area contributed by atoms with Crippen LogP contribution in [0.4, 0.5) is 5.69 Å². The van der Waals surface area contributed by atoms with Gasteiger partial charge in [0.05, 0.1) is 13.1 Å². The minimum absolute atomic E-state index is 0.589. The van der Waals surface area contributed by atoms with E-state index < -0.39 is 0 Å². The number of aryl methyl sites for hydroxylation is 1. The van der Waals surface area contributed by atoms with E-state index >= 15 is 0 Å². The lowest BCUT2D eigenvalue weighted by atomic mass is 10.2. The molecule has 1 aromatic carbocycles. The number of hydrogen-bond acceptors (Lipinski definition) is 2. The summed E-state index contributed by atoms with van der Waals surface area (Å²) in [6.07, 6.45) is 1.62. The molecule has 0 saturated carbocycles. The smallest absolute Gasteiger partial charge is 0.0801 e. The summed E-state index contributed by atoms with van der Waals surface area (Å²) in [6, 6.07) is 8.26. The summed E-state index contributed by atoms with van der Waals surface area (Å²) >= 11 is 0. The maximum Gasteiger partial charge on any atom is 0.0801 e. The molecule has 0 aliphatic rings. The number of nitrogens with zero attached hydrogens (tertiary/aromatic N) is 1. The Morgan fingerprint density at radius 3 is 2.72 bits per heavy atom. The molecule has 0 aliphatic heterocycles. The third-order valence-corrected chi connectivity index (χ3v) is 2.42. The summed E-state index contributed by atoms with van der Waals surface area (Å²) in [7, 11) is 2.03. The van der Waals surface area contributed by atoms with Crippen molar-refractivity contribution in [2.75, 3.05) is 25.0 Å². The molecule has 92 valence electrons. The van der Waals surface area contributed by atoms with Crippen molar-refractivity contribution in [3.05, 3.63) is 42.6 Å². The Labute approximate surface area is 110 Å². The molecule has 0 atom stereocenters. The first-order valence-corrected chi connectivity index (χ1v) is 5.82. The van der Waals surface area contributed by atoms with Gasteiger partial charge in [-0.1, -0.05) is 36.6 Å². The van der Waals surface area contributed by atoms with Crippen LogP contribution < -0.4 is 10.2 Å². The lowest BCUT2D eigenvalue weighted by Gasteiger charge is -2.18. The Morgan fingerprint density at radius 1 is 1.28 bits per heavy atom. The molecule has 2 heteroatoms. The van der Waals surface area contributed by atoms with Crippen molar-refractivity contribution < 1.29 is 0 Å². The molecule has 0 heterocycles. The van der Waals surface area contributed by atoms with E-state index in [0.717, 1.165) is 0 Å². The molecule has 0 spiro atoms. The van der Waals surface area contributed by atoms with Gasteiger partial charge in [0.25, 0.3) is 0 Å². The summed E-state index contributed by atoms with van der Waals surface area (Å²) in [6.45, 7) is 6.90. The number of rotatable bonds is 4. The highest BCUT2D eigenvalue weighted by Gasteiger charge is 2.00. The molecule has 0 unspecified atom stereocenters. The predicted molar refractivity (Wildman–Crippen MR) is 78.2 cm³/mol. The third kappa shape index (κ3) is 4.68. The normalized spacial score (nSPS) is 8.33. The predicted octanol–water partition coefficient (Wildman–Crippen LogP) is 2.17. The second-order valence-electron chi connectivity index (χ2n) is 3.83. The first kappa shape index (κ1) is 13.7. The Bertz CT molecular complexity index is 509. The van der Waals surface area contributed by atoms with Gasteiger partial charge < -0.3 is 10.2 Å². The van der Waals surface area contributed by atoms with Crippen molar-refractivity contribution >= 4 is 5.69 Å². The average molecular weight is 238 g/mol. The Balaban J connectivity index is 2.48.